The molecule has 168 valence electrons. The molecular formula is C23H20F3NO5. The molecule has 0 fully saturated rings. The summed E-state index contributed by atoms with van der Waals surface area (Å²) in [6.07, 6.45) is -3.23. The zero-order valence-electron chi connectivity index (χ0n) is 17.2. The lowest BCUT2D eigenvalue weighted by molar-refractivity contribution is -0.137. The fourth-order valence-corrected chi connectivity index (χ4v) is 2.96. The van der Waals surface area contributed by atoms with Crippen LogP contribution in [0.1, 0.15) is 57.4 Å². The molecule has 0 saturated carbocycles. The Labute approximate surface area is 181 Å². The summed E-state index contributed by atoms with van der Waals surface area (Å²) in [7, 11) is 0. The second-order valence-electron chi connectivity index (χ2n) is 7.31. The molecule has 0 spiro atoms. The lowest BCUT2D eigenvalue weighted by Gasteiger charge is -2.16. The Balaban J connectivity index is 1.86. The maximum Gasteiger partial charge on any atom is 0.416 e. The topological polar surface area (TPSA) is 88.8 Å². The molecule has 9 heteroatoms. The van der Waals surface area contributed by atoms with Gasteiger partial charge in [-0.05, 0) is 47.9 Å². The van der Waals surface area contributed by atoms with Crippen LogP contribution in [-0.4, -0.2) is 17.0 Å². The van der Waals surface area contributed by atoms with Crippen LogP contribution < -0.4 is 10.1 Å². The van der Waals surface area contributed by atoms with Gasteiger partial charge < -0.3 is 19.6 Å². The van der Waals surface area contributed by atoms with Gasteiger partial charge >= 0.3 is 12.1 Å². The number of aromatic carboxylic acids is 1. The third-order valence-corrected chi connectivity index (χ3v) is 4.68. The zero-order valence-corrected chi connectivity index (χ0v) is 17.2. The number of carbonyl (C=O) groups excluding carboxylic acids is 1. The summed E-state index contributed by atoms with van der Waals surface area (Å²) in [4.78, 5) is 23.6. The summed E-state index contributed by atoms with van der Waals surface area (Å²) >= 11 is 0. The smallest absolute Gasteiger partial charge is 0.416 e. The van der Waals surface area contributed by atoms with Gasteiger partial charge in [0, 0.05) is 5.56 Å². The first-order valence-corrected chi connectivity index (χ1v) is 9.61. The summed E-state index contributed by atoms with van der Waals surface area (Å²) in [5, 5.41) is 11.5. The molecule has 0 saturated heterocycles. The van der Waals surface area contributed by atoms with E-state index in [1.54, 1.807) is 6.07 Å². The highest BCUT2D eigenvalue weighted by Gasteiger charge is 2.31. The van der Waals surface area contributed by atoms with Crippen LogP contribution in [0.5, 0.6) is 5.75 Å². The van der Waals surface area contributed by atoms with E-state index in [1.165, 1.54) is 30.5 Å². The van der Waals surface area contributed by atoms with Crippen LogP contribution >= 0.6 is 0 Å². The molecule has 0 aliphatic heterocycles. The third kappa shape index (κ3) is 5.29. The average molecular weight is 447 g/mol. The second kappa shape index (κ2) is 9.17. The molecule has 2 N–H and O–H groups in total. The molecular weight excluding hydrogens is 427 g/mol. The van der Waals surface area contributed by atoms with Crippen LogP contribution in [-0.2, 0) is 12.8 Å². The van der Waals surface area contributed by atoms with E-state index < -0.39 is 23.6 Å². The summed E-state index contributed by atoms with van der Waals surface area (Å²) in [5.41, 5.74) is 0.372. The molecule has 2 aromatic carbocycles. The van der Waals surface area contributed by atoms with Crippen molar-refractivity contribution in [2.24, 2.45) is 0 Å². The van der Waals surface area contributed by atoms with Gasteiger partial charge in [0.2, 0.25) is 0 Å². The molecule has 0 atom stereocenters. The van der Waals surface area contributed by atoms with Crippen LogP contribution in [0.25, 0.3) is 0 Å². The molecule has 3 rings (SSSR count). The Morgan fingerprint density at radius 1 is 1.09 bits per heavy atom. The van der Waals surface area contributed by atoms with Gasteiger partial charge in [-0.25, -0.2) is 4.79 Å². The van der Waals surface area contributed by atoms with E-state index >= 15 is 0 Å². The molecule has 0 aliphatic rings. The van der Waals surface area contributed by atoms with Crippen molar-refractivity contribution in [3.63, 3.8) is 0 Å². The first-order valence-electron chi connectivity index (χ1n) is 9.61. The lowest BCUT2D eigenvalue weighted by atomic mass is 10.0. The minimum Gasteiger partial charge on any atom is -0.487 e. The minimum atomic E-state index is -4.60. The predicted molar refractivity (Wildman–Crippen MR) is 110 cm³/mol. The predicted octanol–water partition coefficient (Wildman–Crippen LogP) is 5.95. The molecule has 0 radical (unpaired) electrons. The number of carboxylic acids is 1. The number of alkyl halides is 3. The van der Waals surface area contributed by atoms with Gasteiger partial charge in [-0.15, -0.1) is 0 Å². The van der Waals surface area contributed by atoms with Crippen LogP contribution in [0.2, 0.25) is 0 Å². The van der Waals surface area contributed by atoms with Crippen molar-refractivity contribution in [2.45, 2.75) is 32.5 Å². The molecule has 32 heavy (non-hydrogen) atoms. The first kappa shape index (κ1) is 22.9. The largest absolute Gasteiger partial charge is 0.487 e. The number of furan rings is 1. The fourth-order valence-electron chi connectivity index (χ4n) is 2.96. The van der Waals surface area contributed by atoms with Crippen molar-refractivity contribution in [3.8, 4) is 5.75 Å². The van der Waals surface area contributed by atoms with E-state index in [-0.39, 0.29) is 35.3 Å². The van der Waals surface area contributed by atoms with Crippen molar-refractivity contribution in [1.82, 2.24) is 0 Å². The maximum absolute atomic E-state index is 13.2. The fraction of sp³-hybridized carbons (Fsp3) is 0.217. The van der Waals surface area contributed by atoms with Crippen LogP contribution in [0.3, 0.4) is 0 Å². The van der Waals surface area contributed by atoms with Crippen LogP contribution in [0.15, 0.2) is 59.2 Å². The monoisotopic (exact) mass is 447 g/mol. The normalized spacial score (nSPS) is 11.4. The summed E-state index contributed by atoms with van der Waals surface area (Å²) < 4.78 is 50.4. The number of nitrogens with one attached hydrogen (secondary N) is 1. The third-order valence-electron chi connectivity index (χ3n) is 4.68. The first-order chi connectivity index (χ1) is 15.1. The number of rotatable bonds is 7. The Kier molecular flexibility index (Phi) is 6.57. The standard InChI is InChI=1S/C23H20F3NO5/c1-13(2)17-9-10-31-20(17)21(28)27-18-8-7-16(23(24,25)26)11-19(18)32-12-14-3-5-15(6-4-14)22(29)30/h3-11,13H,12H2,1-2H3,(H,27,28)(H,29,30). The number of hydrogen-bond acceptors (Lipinski definition) is 4. The minimum absolute atomic E-state index is 0.00611. The van der Waals surface area contributed by atoms with E-state index in [0.717, 1.165) is 18.2 Å². The highest BCUT2D eigenvalue weighted by Crippen LogP contribution is 2.36. The summed E-state index contributed by atoms with van der Waals surface area (Å²) in [6.45, 7) is 3.62. The molecule has 1 heterocycles. The molecule has 3 aromatic rings. The average Bonchev–Trinajstić information content (AvgIpc) is 3.23. The van der Waals surface area contributed by atoms with Crippen molar-refractivity contribution in [3.05, 3.63) is 82.8 Å². The Morgan fingerprint density at radius 2 is 1.78 bits per heavy atom. The van der Waals surface area contributed by atoms with E-state index in [1.807, 2.05) is 13.8 Å². The number of hydrogen-bond donors (Lipinski definition) is 2. The number of carbonyl (C=O) groups is 2. The van der Waals surface area contributed by atoms with E-state index in [9.17, 15) is 22.8 Å². The highest BCUT2D eigenvalue weighted by atomic mass is 19.4. The molecule has 1 aromatic heterocycles. The van der Waals surface area contributed by atoms with Crippen molar-refractivity contribution in [1.29, 1.82) is 0 Å². The maximum atomic E-state index is 13.2. The van der Waals surface area contributed by atoms with Gasteiger partial charge in [0.05, 0.1) is 23.1 Å². The number of amides is 1. The van der Waals surface area contributed by atoms with Crippen molar-refractivity contribution in [2.75, 3.05) is 5.32 Å². The highest BCUT2D eigenvalue weighted by molar-refractivity contribution is 6.04. The number of benzene rings is 2. The van der Waals surface area contributed by atoms with Crippen molar-refractivity contribution >= 4 is 17.6 Å². The van der Waals surface area contributed by atoms with Crippen LogP contribution in [0, 0.1) is 0 Å². The number of anilines is 1. The molecule has 6 nitrogen and oxygen atoms in total. The lowest BCUT2D eigenvalue weighted by Crippen LogP contribution is -2.15. The van der Waals surface area contributed by atoms with Gasteiger partial charge in [-0.1, -0.05) is 26.0 Å². The van der Waals surface area contributed by atoms with Crippen molar-refractivity contribution < 1.29 is 37.0 Å². The molecule has 1 amide bonds. The SMILES string of the molecule is CC(C)c1ccoc1C(=O)Nc1ccc(C(F)(F)F)cc1OCc1ccc(C(=O)O)cc1. The van der Waals surface area contributed by atoms with E-state index in [0.29, 0.717) is 11.1 Å². The van der Waals surface area contributed by atoms with Gasteiger partial charge in [-0.3, -0.25) is 4.79 Å². The van der Waals surface area contributed by atoms with Gasteiger partial charge in [0.25, 0.3) is 5.91 Å². The zero-order chi connectivity index (χ0) is 23.5. The summed E-state index contributed by atoms with van der Waals surface area (Å²) in [6, 6.07) is 10.1. The quantitative estimate of drug-likeness (QED) is 0.467. The Morgan fingerprint density at radius 3 is 2.38 bits per heavy atom. The summed E-state index contributed by atoms with van der Waals surface area (Å²) in [5.74, 6) is -1.83. The number of halogens is 3. The van der Waals surface area contributed by atoms with E-state index in [4.69, 9.17) is 14.3 Å². The number of ether oxygens (including phenoxy) is 1. The Hall–Kier alpha value is -3.75. The van der Waals surface area contributed by atoms with Gasteiger partial charge in [0.1, 0.15) is 12.4 Å². The van der Waals surface area contributed by atoms with Crippen LogP contribution in [0.4, 0.5) is 18.9 Å². The van der Waals surface area contributed by atoms with E-state index in [2.05, 4.69) is 5.32 Å². The molecule has 0 bridgehead atoms. The molecule has 0 unspecified atom stereocenters. The Bertz CT molecular complexity index is 1120. The molecule has 0 aliphatic carbocycles. The number of carboxylic acid groups (broad SMARTS) is 1. The second-order valence-corrected chi connectivity index (χ2v) is 7.31. The van der Waals surface area contributed by atoms with Gasteiger partial charge in [-0.2, -0.15) is 13.2 Å². The van der Waals surface area contributed by atoms with Gasteiger partial charge in [0.15, 0.2) is 5.76 Å².